The van der Waals surface area contributed by atoms with Crippen LogP contribution < -0.4 is 10.6 Å². The summed E-state index contributed by atoms with van der Waals surface area (Å²) in [7, 11) is 1.86. The number of likely N-dealkylation sites (N-methyl/N-ethyl adjacent to an activating group) is 2. The molecule has 0 aliphatic rings. The van der Waals surface area contributed by atoms with Crippen molar-refractivity contribution >= 4 is 17.8 Å². The van der Waals surface area contributed by atoms with E-state index in [-0.39, 0.29) is 23.9 Å². The third kappa shape index (κ3) is 8.54. The maximum absolute atomic E-state index is 12.4. The first-order chi connectivity index (χ1) is 13.6. The van der Waals surface area contributed by atoms with Crippen molar-refractivity contribution in [2.75, 3.05) is 33.2 Å². The summed E-state index contributed by atoms with van der Waals surface area (Å²) >= 11 is 0. The molecular weight excluding hydrogens is 366 g/mol. The van der Waals surface area contributed by atoms with Gasteiger partial charge in [0.05, 0.1) is 13.1 Å². The van der Waals surface area contributed by atoms with Gasteiger partial charge in [0, 0.05) is 37.8 Å². The number of rotatable bonds is 8. The normalized spacial score (nSPS) is 11.8. The van der Waals surface area contributed by atoms with Gasteiger partial charge in [-0.25, -0.2) is 4.99 Å². The smallest absolute Gasteiger partial charge is 0.251 e. The zero-order valence-electron chi connectivity index (χ0n) is 19.0. The number of amides is 2. The number of benzene rings is 1. The minimum absolute atomic E-state index is 0.0731. The van der Waals surface area contributed by atoms with Gasteiger partial charge in [0.2, 0.25) is 5.91 Å². The third-order valence-corrected chi connectivity index (χ3v) is 4.27. The maximum atomic E-state index is 12.4. The maximum Gasteiger partial charge on any atom is 0.251 e. The molecule has 0 fully saturated rings. The molecule has 2 N–H and O–H groups in total. The van der Waals surface area contributed by atoms with E-state index in [0.29, 0.717) is 37.7 Å². The summed E-state index contributed by atoms with van der Waals surface area (Å²) in [5.41, 5.74) is 1.26. The summed E-state index contributed by atoms with van der Waals surface area (Å²) in [6, 6.07) is 7.47. The number of carbonyl (C=O) groups excluding carboxylic acids is 2. The molecule has 0 saturated carbocycles. The van der Waals surface area contributed by atoms with E-state index in [9.17, 15) is 9.59 Å². The Morgan fingerprint density at radius 2 is 1.76 bits per heavy atom. The summed E-state index contributed by atoms with van der Waals surface area (Å²) in [5, 5.41) is 6.20. The monoisotopic (exact) mass is 403 g/mol. The lowest BCUT2D eigenvalue weighted by Crippen LogP contribution is -2.45. The number of aliphatic imine (C=N–C) groups is 1. The van der Waals surface area contributed by atoms with Gasteiger partial charge in [0.25, 0.3) is 5.91 Å². The zero-order chi connectivity index (χ0) is 22.0. The quantitative estimate of drug-likeness (QED) is 0.516. The van der Waals surface area contributed by atoms with Crippen molar-refractivity contribution in [2.45, 2.75) is 53.6 Å². The topological polar surface area (TPSA) is 77.0 Å². The Morgan fingerprint density at radius 1 is 1.10 bits per heavy atom. The summed E-state index contributed by atoms with van der Waals surface area (Å²) < 4.78 is 0. The van der Waals surface area contributed by atoms with Crippen LogP contribution in [-0.4, -0.2) is 66.3 Å². The van der Waals surface area contributed by atoms with Crippen LogP contribution in [-0.2, 0) is 11.3 Å². The Kier molecular flexibility index (Phi) is 9.65. The van der Waals surface area contributed by atoms with E-state index in [0.717, 1.165) is 5.56 Å². The molecule has 0 heterocycles. The Morgan fingerprint density at radius 3 is 2.31 bits per heavy atom. The molecule has 0 atom stereocenters. The van der Waals surface area contributed by atoms with Crippen LogP contribution in [0.1, 0.15) is 57.5 Å². The molecule has 1 aromatic carbocycles. The van der Waals surface area contributed by atoms with Crippen molar-refractivity contribution in [1.29, 1.82) is 0 Å². The van der Waals surface area contributed by atoms with Crippen LogP contribution in [0.2, 0.25) is 0 Å². The molecule has 0 aromatic heterocycles. The molecule has 29 heavy (non-hydrogen) atoms. The van der Waals surface area contributed by atoms with Gasteiger partial charge in [-0.1, -0.05) is 12.1 Å². The molecule has 2 amide bonds. The van der Waals surface area contributed by atoms with Crippen molar-refractivity contribution in [2.24, 2.45) is 4.99 Å². The lowest BCUT2D eigenvalue weighted by Gasteiger charge is -2.25. The first kappa shape index (κ1) is 24.5. The Labute approximate surface area is 175 Å². The lowest BCUT2D eigenvalue weighted by molar-refractivity contribution is -0.131. The van der Waals surface area contributed by atoms with E-state index >= 15 is 0 Å². The number of guanidine groups is 1. The predicted octanol–water partition coefficient (Wildman–Crippen LogP) is 2.48. The molecular formula is C22H37N5O2. The zero-order valence-corrected chi connectivity index (χ0v) is 19.0. The summed E-state index contributed by atoms with van der Waals surface area (Å²) in [6.45, 7) is 14.6. The second kappa shape index (κ2) is 11.4. The van der Waals surface area contributed by atoms with Gasteiger partial charge >= 0.3 is 0 Å². The molecule has 7 heteroatoms. The molecule has 1 rings (SSSR count). The first-order valence-corrected chi connectivity index (χ1v) is 10.3. The van der Waals surface area contributed by atoms with Crippen LogP contribution >= 0.6 is 0 Å². The van der Waals surface area contributed by atoms with Crippen LogP contribution in [0.3, 0.4) is 0 Å². The standard InChI is InChI=1S/C22H37N5O2/c1-8-23-21(26(7)16-19(28)27(9-2)10-3)24-15-17-12-11-13-18(14-17)20(29)25-22(4,5)6/h11-14H,8-10,15-16H2,1-7H3,(H,23,24)(H,25,29). The van der Waals surface area contributed by atoms with Crippen molar-refractivity contribution < 1.29 is 9.59 Å². The van der Waals surface area contributed by atoms with Gasteiger partial charge in [-0.3, -0.25) is 9.59 Å². The Bertz CT molecular complexity index is 705. The number of hydrogen-bond donors (Lipinski definition) is 2. The van der Waals surface area contributed by atoms with Crippen molar-refractivity contribution in [1.82, 2.24) is 20.4 Å². The largest absolute Gasteiger partial charge is 0.357 e. The molecule has 0 bridgehead atoms. The Hall–Kier alpha value is -2.57. The fourth-order valence-electron chi connectivity index (χ4n) is 2.81. The van der Waals surface area contributed by atoms with E-state index in [1.807, 2.05) is 71.7 Å². The number of nitrogens with zero attached hydrogens (tertiary/aromatic N) is 3. The third-order valence-electron chi connectivity index (χ3n) is 4.27. The number of carbonyl (C=O) groups is 2. The fourth-order valence-corrected chi connectivity index (χ4v) is 2.81. The van der Waals surface area contributed by atoms with E-state index in [1.54, 1.807) is 11.0 Å². The van der Waals surface area contributed by atoms with Gasteiger partial charge < -0.3 is 20.4 Å². The highest BCUT2D eigenvalue weighted by atomic mass is 16.2. The van der Waals surface area contributed by atoms with Crippen LogP contribution in [0, 0.1) is 0 Å². The van der Waals surface area contributed by atoms with E-state index in [1.165, 1.54) is 0 Å². The van der Waals surface area contributed by atoms with Gasteiger partial charge in [-0.15, -0.1) is 0 Å². The SMILES string of the molecule is CCNC(=NCc1cccc(C(=O)NC(C)(C)C)c1)N(C)CC(=O)N(CC)CC. The van der Waals surface area contributed by atoms with Crippen molar-refractivity contribution in [3.8, 4) is 0 Å². The average Bonchev–Trinajstić information content (AvgIpc) is 2.64. The highest BCUT2D eigenvalue weighted by Gasteiger charge is 2.16. The minimum atomic E-state index is -0.288. The van der Waals surface area contributed by atoms with Crippen LogP contribution in [0.5, 0.6) is 0 Å². The van der Waals surface area contributed by atoms with Gasteiger partial charge in [-0.2, -0.15) is 0 Å². The highest BCUT2D eigenvalue weighted by molar-refractivity contribution is 5.94. The molecule has 7 nitrogen and oxygen atoms in total. The molecule has 0 radical (unpaired) electrons. The fraction of sp³-hybridized carbons (Fsp3) is 0.591. The second-order valence-electron chi connectivity index (χ2n) is 8.00. The van der Waals surface area contributed by atoms with Gasteiger partial charge in [-0.05, 0) is 59.2 Å². The van der Waals surface area contributed by atoms with Crippen molar-refractivity contribution in [3.05, 3.63) is 35.4 Å². The molecule has 1 aromatic rings. The summed E-state index contributed by atoms with van der Waals surface area (Å²) in [4.78, 5) is 33.1. The van der Waals surface area contributed by atoms with Crippen LogP contribution in [0.25, 0.3) is 0 Å². The molecule has 0 aliphatic carbocycles. The average molecular weight is 404 g/mol. The van der Waals surface area contributed by atoms with Gasteiger partial charge in [0.1, 0.15) is 0 Å². The van der Waals surface area contributed by atoms with Crippen LogP contribution in [0.4, 0.5) is 0 Å². The highest BCUT2D eigenvalue weighted by Crippen LogP contribution is 2.09. The van der Waals surface area contributed by atoms with Crippen LogP contribution in [0.15, 0.2) is 29.3 Å². The molecule has 0 saturated heterocycles. The van der Waals surface area contributed by atoms with E-state index in [4.69, 9.17) is 0 Å². The first-order valence-electron chi connectivity index (χ1n) is 10.3. The lowest BCUT2D eigenvalue weighted by atomic mass is 10.1. The Balaban J connectivity index is 2.89. The molecule has 0 aliphatic heterocycles. The molecule has 0 unspecified atom stereocenters. The number of nitrogens with one attached hydrogen (secondary N) is 2. The van der Waals surface area contributed by atoms with E-state index in [2.05, 4.69) is 15.6 Å². The summed E-state index contributed by atoms with van der Waals surface area (Å²) in [5.74, 6) is 0.638. The van der Waals surface area contributed by atoms with Gasteiger partial charge in [0.15, 0.2) is 5.96 Å². The number of hydrogen-bond acceptors (Lipinski definition) is 3. The molecule has 0 spiro atoms. The predicted molar refractivity (Wildman–Crippen MR) is 119 cm³/mol. The second-order valence-corrected chi connectivity index (χ2v) is 8.00. The molecule has 162 valence electrons. The van der Waals surface area contributed by atoms with Crippen molar-refractivity contribution in [3.63, 3.8) is 0 Å². The summed E-state index contributed by atoms with van der Waals surface area (Å²) in [6.07, 6.45) is 0. The minimum Gasteiger partial charge on any atom is -0.357 e. The van der Waals surface area contributed by atoms with E-state index < -0.39 is 0 Å².